The Morgan fingerprint density at radius 3 is 2.80 bits per heavy atom. The van der Waals surface area contributed by atoms with Gasteiger partial charge < -0.3 is 5.32 Å². The number of hydrogen-bond donors (Lipinski definition) is 1. The Bertz CT molecular complexity index is 639. The van der Waals surface area contributed by atoms with E-state index in [1.165, 1.54) is 17.2 Å². The third kappa shape index (κ3) is 2.46. The molecule has 1 N–H and O–H groups in total. The molecule has 1 aliphatic heterocycles. The molecule has 2 aromatic carbocycles. The van der Waals surface area contributed by atoms with Crippen molar-refractivity contribution in [2.45, 2.75) is 19.3 Å². The predicted octanol–water partition coefficient (Wildman–Crippen LogP) is 4.40. The monoisotopic (exact) mass is 289 g/mol. The molecule has 0 bridgehead atoms. The Labute approximate surface area is 123 Å². The molecule has 0 saturated heterocycles. The fourth-order valence-electron chi connectivity index (χ4n) is 2.85. The van der Waals surface area contributed by atoms with Gasteiger partial charge in [-0.05, 0) is 48.2 Å². The van der Waals surface area contributed by atoms with Crippen LogP contribution in [-0.2, 0) is 6.42 Å². The molecule has 1 atom stereocenters. The zero-order chi connectivity index (χ0) is 14.1. The summed E-state index contributed by atoms with van der Waals surface area (Å²) in [7, 11) is 0. The summed E-state index contributed by atoms with van der Waals surface area (Å²) in [5.41, 5.74) is 3.91. The molecule has 2 aromatic rings. The first kappa shape index (κ1) is 13.6. The lowest BCUT2D eigenvalue weighted by Crippen LogP contribution is -2.18. The van der Waals surface area contributed by atoms with Crippen LogP contribution in [-0.4, -0.2) is 13.1 Å². The molecule has 0 saturated carbocycles. The van der Waals surface area contributed by atoms with Gasteiger partial charge in [0.2, 0.25) is 0 Å². The lowest BCUT2D eigenvalue weighted by Gasteiger charge is -2.16. The van der Waals surface area contributed by atoms with E-state index < -0.39 is 0 Å². The van der Waals surface area contributed by atoms with Gasteiger partial charge in [-0.15, -0.1) is 0 Å². The smallest absolute Gasteiger partial charge is 0.131 e. The van der Waals surface area contributed by atoms with Crippen LogP contribution in [0.4, 0.5) is 4.39 Å². The number of hydrogen-bond acceptors (Lipinski definition) is 1. The topological polar surface area (TPSA) is 12.0 Å². The summed E-state index contributed by atoms with van der Waals surface area (Å²) in [6.07, 6.45) is 0.957. The minimum atomic E-state index is -0.228. The van der Waals surface area contributed by atoms with E-state index in [1.54, 1.807) is 12.1 Å². The first-order valence-corrected chi connectivity index (χ1v) is 7.32. The van der Waals surface area contributed by atoms with Crippen LogP contribution in [0.25, 0.3) is 11.1 Å². The van der Waals surface area contributed by atoms with E-state index in [2.05, 4.69) is 18.3 Å². The van der Waals surface area contributed by atoms with Crippen molar-refractivity contribution in [3.63, 3.8) is 0 Å². The van der Waals surface area contributed by atoms with E-state index in [1.807, 2.05) is 12.1 Å². The van der Waals surface area contributed by atoms with Crippen molar-refractivity contribution in [1.82, 2.24) is 5.32 Å². The van der Waals surface area contributed by atoms with E-state index in [4.69, 9.17) is 11.6 Å². The van der Waals surface area contributed by atoms with Crippen LogP contribution in [0.3, 0.4) is 0 Å². The molecule has 0 aromatic heterocycles. The molecule has 20 heavy (non-hydrogen) atoms. The van der Waals surface area contributed by atoms with Crippen molar-refractivity contribution >= 4 is 11.6 Å². The van der Waals surface area contributed by atoms with Crippen LogP contribution >= 0.6 is 11.6 Å². The van der Waals surface area contributed by atoms with Crippen LogP contribution in [0.5, 0.6) is 0 Å². The van der Waals surface area contributed by atoms with E-state index in [-0.39, 0.29) is 5.82 Å². The molecule has 0 aliphatic carbocycles. The predicted molar refractivity (Wildman–Crippen MR) is 81.8 cm³/mol. The normalized spacial score (nSPS) is 18.4. The van der Waals surface area contributed by atoms with Crippen LogP contribution < -0.4 is 5.32 Å². The summed E-state index contributed by atoms with van der Waals surface area (Å²) in [5, 5.41) is 4.04. The van der Waals surface area contributed by atoms with Crippen molar-refractivity contribution in [2.75, 3.05) is 13.1 Å². The number of nitrogens with one attached hydrogen (secondary N) is 1. The van der Waals surface area contributed by atoms with Gasteiger partial charge in [0.25, 0.3) is 0 Å². The summed E-state index contributed by atoms with van der Waals surface area (Å²) in [6.45, 7) is 4.11. The summed E-state index contributed by atoms with van der Waals surface area (Å²) in [5.74, 6) is 0.203. The maximum absolute atomic E-state index is 14.0. The SMILES string of the molecule is C[C@H]1CNCCc2cc(-c3ccccc3F)c(Cl)cc21. The van der Waals surface area contributed by atoms with Gasteiger partial charge in [0.05, 0.1) is 0 Å². The molecule has 1 aliphatic rings. The van der Waals surface area contributed by atoms with E-state index in [0.717, 1.165) is 25.1 Å². The maximum Gasteiger partial charge on any atom is 0.131 e. The average Bonchev–Trinajstić information content (AvgIpc) is 2.61. The highest BCUT2D eigenvalue weighted by molar-refractivity contribution is 6.33. The first-order valence-electron chi connectivity index (χ1n) is 6.94. The van der Waals surface area contributed by atoms with Gasteiger partial charge >= 0.3 is 0 Å². The number of halogens is 2. The second kappa shape index (κ2) is 5.55. The maximum atomic E-state index is 14.0. The molecular weight excluding hydrogens is 273 g/mol. The summed E-state index contributed by atoms with van der Waals surface area (Å²) in [4.78, 5) is 0. The lowest BCUT2D eigenvalue weighted by molar-refractivity contribution is 0.631. The minimum Gasteiger partial charge on any atom is -0.316 e. The van der Waals surface area contributed by atoms with Crippen molar-refractivity contribution in [2.24, 2.45) is 0 Å². The van der Waals surface area contributed by atoms with Crippen molar-refractivity contribution in [3.8, 4) is 11.1 Å². The van der Waals surface area contributed by atoms with Gasteiger partial charge in [0.15, 0.2) is 0 Å². The summed E-state index contributed by atoms with van der Waals surface area (Å²) >= 11 is 6.40. The molecule has 0 unspecified atom stereocenters. The van der Waals surface area contributed by atoms with E-state index >= 15 is 0 Å². The summed E-state index contributed by atoms with van der Waals surface area (Å²) in [6, 6.07) is 10.9. The molecule has 1 nitrogen and oxygen atoms in total. The van der Waals surface area contributed by atoms with Gasteiger partial charge in [-0.3, -0.25) is 0 Å². The molecule has 104 valence electrons. The third-order valence-corrected chi connectivity index (χ3v) is 4.26. The van der Waals surface area contributed by atoms with Crippen molar-refractivity contribution < 1.29 is 4.39 Å². The van der Waals surface area contributed by atoms with Gasteiger partial charge in [0.1, 0.15) is 5.82 Å². The van der Waals surface area contributed by atoms with Gasteiger partial charge in [-0.2, -0.15) is 0 Å². The van der Waals surface area contributed by atoms with Crippen LogP contribution in [0, 0.1) is 5.82 Å². The highest BCUT2D eigenvalue weighted by Crippen LogP contribution is 2.35. The standard InChI is InChI=1S/C17H17ClFN/c1-11-10-20-7-6-12-8-15(16(18)9-14(11)12)13-4-2-3-5-17(13)19/h2-5,8-9,11,20H,6-7,10H2,1H3/t11-/m0/s1. The van der Waals surface area contributed by atoms with Crippen molar-refractivity contribution in [3.05, 3.63) is 58.4 Å². The minimum absolute atomic E-state index is 0.228. The molecule has 3 heteroatoms. The second-order valence-corrected chi connectivity index (χ2v) is 5.77. The van der Waals surface area contributed by atoms with Gasteiger partial charge in [-0.1, -0.05) is 36.7 Å². The average molecular weight is 290 g/mol. The number of fused-ring (bicyclic) bond motifs is 1. The second-order valence-electron chi connectivity index (χ2n) is 5.37. The zero-order valence-electron chi connectivity index (χ0n) is 11.4. The molecule has 0 fully saturated rings. The highest BCUT2D eigenvalue weighted by Gasteiger charge is 2.18. The Morgan fingerprint density at radius 1 is 1.20 bits per heavy atom. The molecule has 1 heterocycles. The zero-order valence-corrected chi connectivity index (χ0v) is 12.2. The number of rotatable bonds is 1. The Hall–Kier alpha value is -1.38. The quantitative estimate of drug-likeness (QED) is 0.821. The Morgan fingerprint density at radius 2 is 2.00 bits per heavy atom. The Balaban J connectivity index is 2.15. The molecule has 3 rings (SSSR count). The summed E-state index contributed by atoms with van der Waals surface area (Å²) < 4.78 is 14.0. The van der Waals surface area contributed by atoms with Gasteiger partial charge in [0, 0.05) is 22.7 Å². The molecular formula is C17H17ClFN. The van der Waals surface area contributed by atoms with Crippen LogP contribution in [0.15, 0.2) is 36.4 Å². The molecule has 0 amide bonds. The molecule has 0 radical (unpaired) electrons. The first-order chi connectivity index (χ1) is 9.66. The highest BCUT2D eigenvalue weighted by atomic mass is 35.5. The van der Waals surface area contributed by atoms with Crippen LogP contribution in [0.1, 0.15) is 24.0 Å². The molecule has 0 spiro atoms. The lowest BCUT2D eigenvalue weighted by atomic mass is 9.91. The Kier molecular flexibility index (Phi) is 3.77. The van der Waals surface area contributed by atoms with Gasteiger partial charge in [-0.25, -0.2) is 4.39 Å². The van der Waals surface area contributed by atoms with E-state index in [0.29, 0.717) is 16.5 Å². The van der Waals surface area contributed by atoms with Crippen molar-refractivity contribution in [1.29, 1.82) is 0 Å². The van der Waals surface area contributed by atoms with Crippen LogP contribution in [0.2, 0.25) is 5.02 Å². The largest absolute Gasteiger partial charge is 0.316 e. The van der Waals surface area contributed by atoms with E-state index in [9.17, 15) is 4.39 Å². The third-order valence-electron chi connectivity index (χ3n) is 3.95. The fraction of sp³-hybridized carbons (Fsp3) is 0.294. The number of benzene rings is 2. The fourth-order valence-corrected chi connectivity index (χ4v) is 3.12.